The van der Waals surface area contributed by atoms with E-state index < -0.39 is 12.1 Å². The summed E-state index contributed by atoms with van der Waals surface area (Å²) in [5, 5.41) is 0.492. The zero-order valence-electron chi connectivity index (χ0n) is 12.1. The van der Waals surface area contributed by atoms with E-state index in [0.29, 0.717) is 22.5 Å². The van der Waals surface area contributed by atoms with Gasteiger partial charge in [-0.2, -0.15) is 0 Å². The number of fused-ring (bicyclic) bond motifs is 1. The maximum Gasteiger partial charge on any atom is 0.374 e. The van der Waals surface area contributed by atoms with E-state index in [0.717, 1.165) is 0 Å². The summed E-state index contributed by atoms with van der Waals surface area (Å²) in [6, 6.07) is 10.2. The molecule has 3 rings (SSSR count). The van der Waals surface area contributed by atoms with Gasteiger partial charge in [0.1, 0.15) is 5.76 Å². The van der Waals surface area contributed by atoms with Crippen LogP contribution in [0.15, 0.2) is 45.6 Å². The number of carbonyl (C=O) groups is 1. The maximum absolute atomic E-state index is 12.0. The van der Waals surface area contributed by atoms with Crippen molar-refractivity contribution in [1.82, 2.24) is 9.97 Å². The molecule has 6 nitrogen and oxygen atoms in total. The van der Waals surface area contributed by atoms with Crippen LogP contribution in [0.2, 0.25) is 0 Å². The van der Waals surface area contributed by atoms with Crippen molar-refractivity contribution in [2.45, 2.75) is 20.0 Å². The third-order valence-electron chi connectivity index (χ3n) is 3.24. The second kappa shape index (κ2) is 5.48. The summed E-state index contributed by atoms with van der Waals surface area (Å²) < 4.78 is 10.5. The molecule has 2 aromatic heterocycles. The summed E-state index contributed by atoms with van der Waals surface area (Å²) in [7, 11) is 0. The number of H-pyrrole nitrogens is 1. The molecule has 0 saturated heterocycles. The molecular formula is C16H14N2O4. The van der Waals surface area contributed by atoms with Gasteiger partial charge in [0.05, 0.1) is 10.9 Å². The average molecular weight is 298 g/mol. The van der Waals surface area contributed by atoms with E-state index in [1.54, 1.807) is 50.2 Å². The van der Waals surface area contributed by atoms with Gasteiger partial charge in [-0.15, -0.1) is 0 Å². The molecule has 6 heteroatoms. The number of aryl methyl sites for hydroxylation is 1. The number of nitrogens with one attached hydrogen (secondary N) is 1. The number of furan rings is 1. The Morgan fingerprint density at radius 2 is 2.05 bits per heavy atom. The molecule has 2 heterocycles. The summed E-state index contributed by atoms with van der Waals surface area (Å²) in [6.07, 6.45) is -0.699. The van der Waals surface area contributed by atoms with Crippen molar-refractivity contribution in [3.8, 4) is 0 Å². The number of rotatable bonds is 3. The number of para-hydroxylation sites is 1. The van der Waals surface area contributed by atoms with Crippen molar-refractivity contribution in [3.05, 3.63) is 64.1 Å². The van der Waals surface area contributed by atoms with Gasteiger partial charge in [-0.25, -0.2) is 9.78 Å². The normalized spacial score (nSPS) is 12.3. The Bertz CT molecular complexity index is 894. The Balaban J connectivity index is 1.87. The molecule has 1 aromatic carbocycles. The fourth-order valence-electron chi connectivity index (χ4n) is 2.12. The van der Waals surface area contributed by atoms with Crippen molar-refractivity contribution < 1.29 is 13.9 Å². The lowest BCUT2D eigenvalue weighted by Crippen LogP contribution is -2.17. The van der Waals surface area contributed by atoms with E-state index in [2.05, 4.69) is 9.97 Å². The standard InChI is InChI=1S/C16H14N2O4/c1-9-7-8-13(21-9)16(20)22-10(2)14-17-12-6-4-3-5-11(12)15(19)18-14/h3-8,10H,1-2H3,(H,17,18,19)/t10-/m0/s1. The van der Waals surface area contributed by atoms with Crippen LogP contribution >= 0.6 is 0 Å². The molecular weight excluding hydrogens is 284 g/mol. The Kier molecular flexibility index (Phi) is 3.50. The molecule has 1 N–H and O–H groups in total. The molecule has 0 aliphatic carbocycles. The number of ether oxygens (including phenoxy) is 1. The summed E-state index contributed by atoms with van der Waals surface area (Å²) in [5.74, 6) is 0.432. The first-order valence-corrected chi connectivity index (χ1v) is 6.81. The maximum atomic E-state index is 12.0. The lowest BCUT2D eigenvalue weighted by atomic mass is 10.2. The lowest BCUT2D eigenvalue weighted by molar-refractivity contribution is 0.0282. The first kappa shape index (κ1) is 14.1. The van der Waals surface area contributed by atoms with Crippen LogP contribution in [0, 0.1) is 6.92 Å². The number of carbonyl (C=O) groups excluding carboxylic acids is 1. The van der Waals surface area contributed by atoms with Crippen molar-refractivity contribution in [3.63, 3.8) is 0 Å². The molecule has 0 amide bonds. The number of benzene rings is 1. The zero-order valence-corrected chi connectivity index (χ0v) is 12.1. The number of aromatic amines is 1. The number of nitrogens with zero attached hydrogens (tertiary/aromatic N) is 1. The predicted octanol–water partition coefficient (Wildman–Crippen LogP) is 2.74. The molecule has 112 valence electrons. The molecule has 0 fully saturated rings. The van der Waals surface area contributed by atoms with Crippen LogP contribution in [-0.4, -0.2) is 15.9 Å². The summed E-state index contributed by atoms with van der Waals surface area (Å²) in [6.45, 7) is 3.38. The highest BCUT2D eigenvalue weighted by molar-refractivity contribution is 5.86. The summed E-state index contributed by atoms with van der Waals surface area (Å²) in [5.41, 5.74) is 0.287. The number of aromatic nitrogens is 2. The predicted molar refractivity (Wildman–Crippen MR) is 79.6 cm³/mol. The Labute approximate surface area is 125 Å². The monoisotopic (exact) mass is 298 g/mol. The molecule has 0 aliphatic rings. The summed E-state index contributed by atoms with van der Waals surface area (Å²) in [4.78, 5) is 30.9. The van der Waals surface area contributed by atoms with E-state index in [1.165, 1.54) is 0 Å². The van der Waals surface area contributed by atoms with Crippen molar-refractivity contribution in [1.29, 1.82) is 0 Å². The zero-order chi connectivity index (χ0) is 15.7. The van der Waals surface area contributed by atoms with Crippen LogP contribution in [-0.2, 0) is 4.74 Å². The average Bonchev–Trinajstić information content (AvgIpc) is 2.94. The smallest absolute Gasteiger partial charge is 0.374 e. The van der Waals surface area contributed by atoms with Gasteiger partial charge in [0.15, 0.2) is 11.9 Å². The highest BCUT2D eigenvalue weighted by atomic mass is 16.6. The highest BCUT2D eigenvalue weighted by Crippen LogP contribution is 2.17. The molecule has 0 aliphatic heterocycles. The molecule has 0 saturated carbocycles. The van der Waals surface area contributed by atoms with Crippen LogP contribution in [0.3, 0.4) is 0 Å². The van der Waals surface area contributed by atoms with Crippen LogP contribution < -0.4 is 5.56 Å². The van der Waals surface area contributed by atoms with E-state index in [-0.39, 0.29) is 11.3 Å². The first-order chi connectivity index (χ1) is 10.5. The molecule has 0 bridgehead atoms. The van der Waals surface area contributed by atoms with Gasteiger partial charge in [0, 0.05) is 0 Å². The lowest BCUT2D eigenvalue weighted by Gasteiger charge is -2.12. The Morgan fingerprint density at radius 3 is 2.77 bits per heavy atom. The number of esters is 1. The molecule has 0 unspecified atom stereocenters. The van der Waals surface area contributed by atoms with Crippen LogP contribution in [0.1, 0.15) is 35.2 Å². The van der Waals surface area contributed by atoms with Crippen molar-refractivity contribution >= 4 is 16.9 Å². The minimum absolute atomic E-state index is 0.118. The third-order valence-corrected chi connectivity index (χ3v) is 3.24. The van der Waals surface area contributed by atoms with Crippen molar-refractivity contribution in [2.24, 2.45) is 0 Å². The molecule has 1 atom stereocenters. The SMILES string of the molecule is Cc1ccc(C(=O)O[C@@H](C)c2nc3ccccc3c(=O)[nH]2)o1. The number of hydrogen-bond donors (Lipinski definition) is 1. The van der Waals surface area contributed by atoms with E-state index in [1.807, 2.05) is 0 Å². The Morgan fingerprint density at radius 1 is 1.27 bits per heavy atom. The minimum atomic E-state index is -0.699. The fourth-order valence-corrected chi connectivity index (χ4v) is 2.12. The van der Waals surface area contributed by atoms with Gasteiger partial charge in [0.25, 0.3) is 5.56 Å². The number of hydrogen-bond acceptors (Lipinski definition) is 5. The van der Waals surface area contributed by atoms with E-state index in [9.17, 15) is 9.59 Å². The van der Waals surface area contributed by atoms with Gasteiger partial charge in [-0.3, -0.25) is 4.79 Å². The van der Waals surface area contributed by atoms with Gasteiger partial charge < -0.3 is 14.1 Å². The van der Waals surface area contributed by atoms with Gasteiger partial charge in [-0.1, -0.05) is 12.1 Å². The van der Waals surface area contributed by atoms with E-state index >= 15 is 0 Å². The van der Waals surface area contributed by atoms with E-state index in [4.69, 9.17) is 9.15 Å². The quantitative estimate of drug-likeness (QED) is 0.751. The third kappa shape index (κ3) is 2.63. The van der Waals surface area contributed by atoms with Gasteiger partial charge >= 0.3 is 5.97 Å². The second-order valence-electron chi connectivity index (χ2n) is 4.93. The van der Waals surface area contributed by atoms with Crippen LogP contribution in [0.4, 0.5) is 0 Å². The Hall–Kier alpha value is -2.89. The molecule has 3 aromatic rings. The largest absolute Gasteiger partial charge is 0.454 e. The molecule has 22 heavy (non-hydrogen) atoms. The summed E-state index contributed by atoms with van der Waals surface area (Å²) >= 11 is 0. The van der Waals surface area contributed by atoms with Gasteiger partial charge in [-0.05, 0) is 38.1 Å². The van der Waals surface area contributed by atoms with Crippen molar-refractivity contribution in [2.75, 3.05) is 0 Å². The van der Waals surface area contributed by atoms with Crippen LogP contribution in [0.25, 0.3) is 10.9 Å². The fraction of sp³-hybridized carbons (Fsp3) is 0.188. The van der Waals surface area contributed by atoms with Crippen LogP contribution in [0.5, 0.6) is 0 Å². The topological polar surface area (TPSA) is 85.2 Å². The van der Waals surface area contributed by atoms with Gasteiger partial charge in [0.2, 0.25) is 5.76 Å². The second-order valence-corrected chi connectivity index (χ2v) is 4.93. The molecule has 0 spiro atoms. The minimum Gasteiger partial charge on any atom is -0.454 e. The first-order valence-electron chi connectivity index (χ1n) is 6.81. The highest BCUT2D eigenvalue weighted by Gasteiger charge is 2.19. The molecule has 0 radical (unpaired) electrons.